The molecule has 146 valence electrons. The Morgan fingerprint density at radius 1 is 1.14 bits per heavy atom. The fourth-order valence-electron chi connectivity index (χ4n) is 4.07. The zero-order valence-corrected chi connectivity index (χ0v) is 16.3. The molecule has 1 heterocycles. The molecule has 1 aliphatic heterocycles. The smallest absolute Gasteiger partial charge is 0.228 e. The van der Waals surface area contributed by atoms with E-state index in [-0.39, 0.29) is 30.5 Å². The number of nitrogens with zero attached hydrogens (tertiary/aromatic N) is 1. The highest BCUT2D eigenvalue weighted by Crippen LogP contribution is 2.47. The van der Waals surface area contributed by atoms with Crippen LogP contribution in [-0.2, 0) is 4.79 Å². The molecular formula is C24H21NO4. The van der Waals surface area contributed by atoms with Gasteiger partial charge in [-0.05, 0) is 40.1 Å². The molecule has 1 unspecified atom stereocenters. The zero-order valence-electron chi connectivity index (χ0n) is 16.3. The first kappa shape index (κ1) is 18.7. The number of phenols is 1. The van der Waals surface area contributed by atoms with Crippen molar-refractivity contribution in [1.29, 1.82) is 0 Å². The molecule has 1 amide bonds. The predicted molar refractivity (Wildman–Crippen MR) is 113 cm³/mol. The molecule has 3 aromatic carbocycles. The van der Waals surface area contributed by atoms with E-state index in [1.807, 2.05) is 30.3 Å². The third kappa shape index (κ3) is 3.03. The molecule has 4 rings (SSSR count). The molecule has 0 aliphatic carbocycles. The first-order valence-corrected chi connectivity index (χ1v) is 9.29. The Labute approximate surface area is 169 Å². The van der Waals surface area contributed by atoms with Gasteiger partial charge in [0.05, 0.1) is 20.8 Å². The van der Waals surface area contributed by atoms with Crippen molar-refractivity contribution in [3.63, 3.8) is 0 Å². The lowest BCUT2D eigenvalue weighted by Gasteiger charge is -2.34. The summed E-state index contributed by atoms with van der Waals surface area (Å²) in [5.74, 6) is 2.87. The number of hydrogen-bond acceptors (Lipinski definition) is 4. The standard InChI is InChI=1S/C24H21NO4/c1-4-11-25-19-10-9-15-7-5-6-8-17(15)23(19)18(14-22(25)26)16-12-20(28-2)24(27)21(13-16)29-3/h1,5-10,12-13,18,27H,11,14H2,2-3H3. The topological polar surface area (TPSA) is 59.0 Å². The van der Waals surface area contributed by atoms with Gasteiger partial charge in [-0.1, -0.05) is 36.3 Å². The lowest BCUT2D eigenvalue weighted by Crippen LogP contribution is -2.37. The van der Waals surface area contributed by atoms with Crippen LogP contribution in [0.5, 0.6) is 17.2 Å². The Balaban J connectivity index is 1.99. The van der Waals surface area contributed by atoms with Crippen molar-refractivity contribution in [2.45, 2.75) is 12.3 Å². The van der Waals surface area contributed by atoms with Gasteiger partial charge < -0.3 is 19.5 Å². The number of aromatic hydroxyl groups is 1. The second kappa shape index (κ2) is 7.40. The molecule has 1 atom stereocenters. The number of terminal acetylenes is 1. The second-order valence-electron chi connectivity index (χ2n) is 6.93. The van der Waals surface area contributed by atoms with Gasteiger partial charge in [0.15, 0.2) is 11.5 Å². The molecule has 5 heteroatoms. The summed E-state index contributed by atoms with van der Waals surface area (Å²) in [4.78, 5) is 14.6. The predicted octanol–water partition coefficient (Wildman–Crippen LogP) is 4.06. The van der Waals surface area contributed by atoms with Crippen molar-refractivity contribution in [3.05, 3.63) is 59.7 Å². The maximum Gasteiger partial charge on any atom is 0.228 e. The van der Waals surface area contributed by atoms with Gasteiger partial charge in [-0.3, -0.25) is 4.79 Å². The van der Waals surface area contributed by atoms with Crippen molar-refractivity contribution in [2.24, 2.45) is 0 Å². The van der Waals surface area contributed by atoms with Gasteiger partial charge in [-0.2, -0.15) is 0 Å². The maximum atomic E-state index is 13.0. The molecule has 0 bridgehead atoms. The van der Waals surface area contributed by atoms with Crippen LogP contribution in [0.2, 0.25) is 0 Å². The maximum absolute atomic E-state index is 13.0. The van der Waals surface area contributed by atoms with Gasteiger partial charge in [0.2, 0.25) is 11.7 Å². The highest BCUT2D eigenvalue weighted by Gasteiger charge is 2.34. The van der Waals surface area contributed by atoms with Crippen molar-refractivity contribution in [1.82, 2.24) is 0 Å². The van der Waals surface area contributed by atoms with Gasteiger partial charge in [-0.15, -0.1) is 6.42 Å². The number of methoxy groups -OCH3 is 2. The molecule has 1 aliphatic rings. The van der Waals surface area contributed by atoms with Crippen LogP contribution in [0.25, 0.3) is 10.8 Å². The fourth-order valence-corrected chi connectivity index (χ4v) is 4.07. The number of amides is 1. The average Bonchev–Trinajstić information content (AvgIpc) is 2.75. The molecule has 0 radical (unpaired) electrons. The summed E-state index contributed by atoms with van der Waals surface area (Å²) in [5.41, 5.74) is 2.68. The number of hydrogen-bond donors (Lipinski definition) is 1. The number of anilines is 1. The zero-order chi connectivity index (χ0) is 20.5. The molecule has 29 heavy (non-hydrogen) atoms. The van der Waals surface area contributed by atoms with Crippen molar-refractivity contribution in [3.8, 4) is 29.6 Å². The summed E-state index contributed by atoms with van der Waals surface area (Å²) >= 11 is 0. The number of carbonyl (C=O) groups excluding carboxylic acids is 1. The Morgan fingerprint density at radius 3 is 2.48 bits per heavy atom. The summed E-state index contributed by atoms with van der Waals surface area (Å²) in [7, 11) is 2.98. The third-order valence-electron chi connectivity index (χ3n) is 5.42. The Morgan fingerprint density at radius 2 is 1.83 bits per heavy atom. The van der Waals surface area contributed by atoms with E-state index in [9.17, 15) is 9.90 Å². The third-order valence-corrected chi connectivity index (χ3v) is 5.42. The second-order valence-corrected chi connectivity index (χ2v) is 6.93. The van der Waals surface area contributed by atoms with E-state index in [1.54, 1.807) is 17.0 Å². The van der Waals surface area contributed by atoms with Gasteiger partial charge >= 0.3 is 0 Å². The van der Waals surface area contributed by atoms with Crippen LogP contribution >= 0.6 is 0 Å². The minimum Gasteiger partial charge on any atom is -0.502 e. The van der Waals surface area contributed by atoms with Gasteiger partial charge in [-0.25, -0.2) is 0 Å². The molecule has 0 fully saturated rings. The molecule has 1 N–H and O–H groups in total. The number of benzene rings is 3. The van der Waals surface area contributed by atoms with E-state index in [0.29, 0.717) is 11.5 Å². The largest absolute Gasteiger partial charge is 0.502 e. The van der Waals surface area contributed by atoms with E-state index in [0.717, 1.165) is 27.6 Å². The lowest BCUT2D eigenvalue weighted by atomic mass is 9.81. The van der Waals surface area contributed by atoms with Crippen molar-refractivity contribution in [2.75, 3.05) is 25.7 Å². The highest BCUT2D eigenvalue weighted by atomic mass is 16.5. The van der Waals surface area contributed by atoms with Crippen LogP contribution in [0.15, 0.2) is 48.5 Å². The van der Waals surface area contributed by atoms with E-state index >= 15 is 0 Å². The number of phenolic OH excluding ortho intramolecular Hbond substituents is 1. The van der Waals surface area contributed by atoms with E-state index in [4.69, 9.17) is 15.9 Å². The van der Waals surface area contributed by atoms with E-state index < -0.39 is 0 Å². The van der Waals surface area contributed by atoms with Crippen molar-refractivity contribution < 1.29 is 19.4 Å². The minimum atomic E-state index is -0.221. The number of fused-ring (bicyclic) bond motifs is 3. The van der Waals surface area contributed by atoms with Crippen LogP contribution in [0.4, 0.5) is 5.69 Å². The minimum absolute atomic E-state index is 0.0401. The first-order chi connectivity index (χ1) is 14.1. The lowest BCUT2D eigenvalue weighted by molar-refractivity contribution is -0.119. The van der Waals surface area contributed by atoms with Crippen LogP contribution in [0.1, 0.15) is 23.5 Å². The number of carbonyl (C=O) groups is 1. The molecule has 0 aromatic heterocycles. The molecule has 3 aromatic rings. The number of ether oxygens (including phenoxy) is 2. The Bertz CT molecular complexity index is 1120. The Hall–Kier alpha value is -3.65. The van der Waals surface area contributed by atoms with Gasteiger partial charge in [0.1, 0.15) is 0 Å². The van der Waals surface area contributed by atoms with Gasteiger partial charge in [0, 0.05) is 18.0 Å². The molecule has 0 saturated carbocycles. The number of rotatable bonds is 4. The fraction of sp³-hybridized carbons (Fsp3) is 0.208. The molecular weight excluding hydrogens is 366 g/mol. The molecule has 5 nitrogen and oxygen atoms in total. The van der Waals surface area contributed by atoms with Crippen LogP contribution in [0.3, 0.4) is 0 Å². The Kier molecular flexibility index (Phi) is 4.77. The molecule has 0 saturated heterocycles. The SMILES string of the molecule is C#CCN1C(=O)CC(c2cc(OC)c(O)c(OC)c2)c2c1ccc1ccccc21. The summed E-state index contributed by atoms with van der Waals surface area (Å²) in [6, 6.07) is 15.6. The monoisotopic (exact) mass is 387 g/mol. The summed E-state index contributed by atoms with van der Waals surface area (Å²) in [6.45, 7) is 0.221. The van der Waals surface area contributed by atoms with Crippen LogP contribution in [-0.4, -0.2) is 31.8 Å². The normalized spacial score (nSPS) is 15.7. The van der Waals surface area contributed by atoms with Crippen LogP contribution in [0, 0.1) is 12.3 Å². The summed E-state index contributed by atoms with van der Waals surface area (Å²) < 4.78 is 10.7. The first-order valence-electron chi connectivity index (χ1n) is 9.29. The van der Waals surface area contributed by atoms with E-state index in [2.05, 4.69) is 12.0 Å². The van der Waals surface area contributed by atoms with E-state index in [1.165, 1.54) is 14.2 Å². The van der Waals surface area contributed by atoms with Crippen LogP contribution < -0.4 is 14.4 Å². The summed E-state index contributed by atoms with van der Waals surface area (Å²) in [5, 5.41) is 12.4. The van der Waals surface area contributed by atoms with Crippen molar-refractivity contribution >= 4 is 22.4 Å². The molecule has 0 spiro atoms. The highest BCUT2D eigenvalue weighted by molar-refractivity contribution is 6.03. The summed E-state index contributed by atoms with van der Waals surface area (Å²) in [6.07, 6.45) is 5.79. The van der Waals surface area contributed by atoms with Gasteiger partial charge in [0.25, 0.3) is 0 Å². The quantitative estimate of drug-likeness (QED) is 0.686. The average molecular weight is 387 g/mol.